The summed E-state index contributed by atoms with van der Waals surface area (Å²) >= 11 is 0. The van der Waals surface area contributed by atoms with E-state index in [1.807, 2.05) is 5.32 Å². The van der Waals surface area contributed by atoms with Gasteiger partial charge in [0.25, 0.3) is 12.2 Å². The predicted molar refractivity (Wildman–Crippen MR) is 43.1 cm³/mol. The van der Waals surface area contributed by atoms with Crippen molar-refractivity contribution < 1.29 is 14.3 Å². The molecule has 0 saturated carbocycles. The second-order valence-electron chi connectivity index (χ2n) is 2.12. The fraction of sp³-hybridized carbons (Fsp3) is 0.286. The molecule has 0 aromatic rings. The maximum atomic E-state index is 10.8. The molecule has 0 spiro atoms. The van der Waals surface area contributed by atoms with Gasteiger partial charge in [-0.15, -0.1) is 0 Å². The van der Waals surface area contributed by atoms with Crippen LogP contribution in [0.15, 0.2) is 12.2 Å². The van der Waals surface area contributed by atoms with Crippen molar-refractivity contribution in [3.05, 3.63) is 12.2 Å². The first-order chi connectivity index (χ1) is 6.07. The fourth-order valence-electron chi connectivity index (χ4n) is 0.388. The van der Waals surface area contributed by atoms with Crippen molar-refractivity contribution in [2.75, 3.05) is 6.73 Å². The van der Waals surface area contributed by atoms with Crippen molar-refractivity contribution in [2.24, 2.45) is 0 Å². The zero-order chi connectivity index (χ0) is 10.3. The SMILES string of the molecule is C=C(C)C(=O)NC(=O)NCOC#N. The molecule has 6 heteroatoms. The van der Waals surface area contributed by atoms with E-state index in [9.17, 15) is 9.59 Å². The Balaban J connectivity index is 3.70. The Hall–Kier alpha value is -2.03. The Morgan fingerprint density at radius 1 is 1.62 bits per heavy atom. The number of imide groups is 1. The molecule has 0 heterocycles. The van der Waals surface area contributed by atoms with Crippen molar-refractivity contribution in [1.82, 2.24) is 10.6 Å². The highest BCUT2D eigenvalue weighted by atomic mass is 16.5. The Labute approximate surface area is 75.2 Å². The van der Waals surface area contributed by atoms with Gasteiger partial charge in [0.05, 0.1) is 0 Å². The predicted octanol–water partition coefficient (Wildman–Crippen LogP) is -0.157. The van der Waals surface area contributed by atoms with Crippen molar-refractivity contribution >= 4 is 11.9 Å². The molecule has 0 aromatic heterocycles. The van der Waals surface area contributed by atoms with E-state index in [1.54, 1.807) is 0 Å². The quantitative estimate of drug-likeness (QED) is 0.275. The fourth-order valence-corrected chi connectivity index (χ4v) is 0.388. The van der Waals surface area contributed by atoms with Gasteiger partial charge in [0.1, 0.15) is 0 Å². The number of nitriles is 1. The number of hydrogen-bond acceptors (Lipinski definition) is 4. The number of urea groups is 1. The van der Waals surface area contributed by atoms with Gasteiger partial charge in [-0.3, -0.25) is 10.1 Å². The summed E-state index contributed by atoms with van der Waals surface area (Å²) in [5.74, 6) is -0.575. The van der Waals surface area contributed by atoms with E-state index >= 15 is 0 Å². The van der Waals surface area contributed by atoms with Crippen LogP contribution in [-0.2, 0) is 9.53 Å². The minimum absolute atomic E-state index is 0.219. The highest BCUT2D eigenvalue weighted by Gasteiger charge is 2.06. The second-order valence-corrected chi connectivity index (χ2v) is 2.12. The largest absolute Gasteiger partial charge is 0.405 e. The van der Waals surface area contributed by atoms with Crippen LogP contribution in [0, 0.1) is 11.5 Å². The average molecular weight is 183 g/mol. The summed E-state index contributed by atoms with van der Waals surface area (Å²) in [5, 5.41) is 12.0. The van der Waals surface area contributed by atoms with Crippen LogP contribution >= 0.6 is 0 Å². The lowest BCUT2D eigenvalue weighted by atomic mass is 10.3. The Bertz CT molecular complexity index is 267. The topological polar surface area (TPSA) is 91.2 Å². The normalized spacial score (nSPS) is 8.00. The lowest BCUT2D eigenvalue weighted by Gasteiger charge is -2.03. The van der Waals surface area contributed by atoms with Crippen LogP contribution in [0.5, 0.6) is 0 Å². The molecule has 0 aliphatic heterocycles. The molecule has 0 aliphatic rings. The molecule has 0 bridgehead atoms. The molecule has 0 aromatic carbocycles. The Morgan fingerprint density at radius 3 is 2.69 bits per heavy atom. The lowest BCUT2D eigenvalue weighted by Crippen LogP contribution is -2.40. The van der Waals surface area contributed by atoms with Crippen LogP contribution in [0.4, 0.5) is 4.79 Å². The molecule has 3 amide bonds. The number of ether oxygens (including phenoxy) is 1. The zero-order valence-corrected chi connectivity index (χ0v) is 7.09. The van der Waals surface area contributed by atoms with Gasteiger partial charge in [-0.25, -0.2) is 4.79 Å². The Morgan fingerprint density at radius 2 is 2.23 bits per heavy atom. The van der Waals surface area contributed by atoms with Gasteiger partial charge in [-0.05, 0) is 6.92 Å². The Kier molecular flexibility index (Phi) is 4.72. The number of hydrogen-bond donors (Lipinski definition) is 2. The minimum Gasteiger partial charge on any atom is -0.405 e. The van der Waals surface area contributed by atoms with E-state index in [0.717, 1.165) is 0 Å². The van der Waals surface area contributed by atoms with Crippen LogP contribution in [-0.4, -0.2) is 18.7 Å². The van der Waals surface area contributed by atoms with Gasteiger partial charge >= 0.3 is 6.03 Å². The highest BCUT2D eigenvalue weighted by Crippen LogP contribution is 1.84. The van der Waals surface area contributed by atoms with E-state index in [2.05, 4.69) is 16.6 Å². The molecular weight excluding hydrogens is 174 g/mol. The molecule has 0 aliphatic carbocycles. The van der Waals surface area contributed by atoms with Gasteiger partial charge < -0.3 is 10.1 Å². The van der Waals surface area contributed by atoms with E-state index in [4.69, 9.17) is 5.26 Å². The summed E-state index contributed by atoms with van der Waals surface area (Å²) in [4.78, 5) is 21.6. The van der Waals surface area contributed by atoms with Crippen molar-refractivity contribution in [3.8, 4) is 6.26 Å². The number of carbonyl (C=O) groups is 2. The summed E-state index contributed by atoms with van der Waals surface area (Å²) in [7, 11) is 0. The standard InChI is InChI=1S/C7H9N3O3/c1-5(2)6(11)10-7(12)9-4-13-3-8/h1,4H2,2H3,(H2,9,10,11,12). The monoisotopic (exact) mass is 183 g/mol. The third-order valence-corrected chi connectivity index (χ3v) is 0.984. The van der Waals surface area contributed by atoms with E-state index in [0.29, 0.717) is 0 Å². The molecule has 0 unspecified atom stereocenters. The first-order valence-electron chi connectivity index (χ1n) is 3.33. The van der Waals surface area contributed by atoms with Crippen LogP contribution in [0.3, 0.4) is 0 Å². The van der Waals surface area contributed by atoms with Crippen molar-refractivity contribution in [3.63, 3.8) is 0 Å². The number of carbonyl (C=O) groups excluding carboxylic acids is 2. The molecule has 0 radical (unpaired) electrons. The third kappa shape index (κ3) is 5.26. The molecule has 70 valence electrons. The molecule has 0 fully saturated rings. The molecule has 0 atom stereocenters. The van der Waals surface area contributed by atoms with Gasteiger partial charge in [-0.1, -0.05) is 6.58 Å². The van der Waals surface area contributed by atoms with Gasteiger partial charge in [0.2, 0.25) is 0 Å². The first-order valence-corrected chi connectivity index (χ1v) is 3.33. The van der Waals surface area contributed by atoms with Gasteiger partial charge in [0.15, 0.2) is 6.73 Å². The first kappa shape index (κ1) is 11.0. The number of nitrogens with one attached hydrogen (secondary N) is 2. The van der Waals surface area contributed by atoms with Crippen LogP contribution in [0.25, 0.3) is 0 Å². The summed E-state index contributed by atoms with van der Waals surface area (Å²) in [5.41, 5.74) is 0.219. The van der Waals surface area contributed by atoms with E-state index in [1.165, 1.54) is 13.2 Å². The minimum atomic E-state index is -0.733. The van der Waals surface area contributed by atoms with Crippen LogP contribution < -0.4 is 10.6 Å². The molecule has 0 saturated heterocycles. The van der Waals surface area contributed by atoms with Crippen molar-refractivity contribution in [2.45, 2.75) is 6.92 Å². The smallest absolute Gasteiger partial charge is 0.324 e. The van der Waals surface area contributed by atoms with Crippen molar-refractivity contribution in [1.29, 1.82) is 5.26 Å². The second kappa shape index (κ2) is 5.60. The number of rotatable bonds is 3. The maximum absolute atomic E-state index is 10.8. The summed E-state index contributed by atoms with van der Waals surface area (Å²) in [6.07, 6.45) is 1.35. The van der Waals surface area contributed by atoms with Crippen LogP contribution in [0.1, 0.15) is 6.92 Å². The molecule has 2 N–H and O–H groups in total. The van der Waals surface area contributed by atoms with Crippen LogP contribution in [0.2, 0.25) is 0 Å². The molecule has 0 rings (SSSR count). The number of nitrogens with zero attached hydrogens (tertiary/aromatic N) is 1. The summed E-state index contributed by atoms with van der Waals surface area (Å²) in [6.45, 7) is 4.52. The van der Waals surface area contributed by atoms with Gasteiger partial charge in [0, 0.05) is 5.57 Å². The summed E-state index contributed by atoms with van der Waals surface area (Å²) in [6, 6.07) is -0.733. The van der Waals surface area contributed by atoms with E-state index < -0.39 is 11.9 Å². The maximum Gasteiger partial charge on any atom is 0.324 e. The van der Waals surface area contributed by atoms with Gasteiger partial charge in [-0.2, -0.15) is 5.26 Å². The third-order valence-electron chi connectivity index (χ3n) is 0.984. The average Bonchev–Trinajstić information content (AvgIpc) is 2.04. The molecule has 6 nitrogen and oxygen atoms in total. The summed E-state index contributed by atoms with van der Waals surface area (Å²) < 4.78 is 4.15. The number of amides is 3. The zero-order valence-electron chi connectivity index (χ0n) is 7.09. The highest BCUT2D eigenvalue weighted by molar-refractivity contribution is 6.02. The molecule has 13 heavy (non-hydrogen) atoms. The lowest BCUT2D eigenvalue weighted by molar-refractivity contribution is -0.116. The molecular formula is C7H9N3O3. The van der Waals surface area contributed by atoms with E-state index in [-0.39, 0.29) is 12.3 Å².